The van der Waals surface area contributed by atoms with Crippen LogP contribution in [0.1, 0.15) is 18.4 Å². The molecule has 1 atom stereocenters. The van der Waals surface area contributed by atoms with Crippen molar-refractivity contribution in [2.24, 2.45) is 5.92 Å². The summed E-state index contributed by atoms with van der Waals surface area (Å²) in [5, 5.41) is 6.13. The molecular weight excluding hydrogens is 372 g/mol. The maximum absolute atomic E-state index is 12.5. The number of anilines is 1. The van der Waals surface area contributed by atoms with Gasteiger partial charge in [0.25, 0.3) is 0 Å². The molecule has 3 rings (SSSR count). The molecule has 1 fully saturated rings. The second kappa shape index (κ2) is 9.16. The van der Waals surface area contributed by atoms with E-state index in [1.54, 1.807) is 54.6 Å². The molecule has 1 amide bonds. The fourth-order valence-corrected chi connectivity index (χ4v) is 4.35. The van der Waals surface area contributed by atoms with Gasteiger partial charge in [0, 0.05) is 12.2 Å². The van der Waals surface area contributed by atoms with Crippen LogP contribution in [0.5, 0.6) is 0 Å². The molecule has 2 N–H and O–H groups in total. The Labute approximate surface area is 160 Å². The largest absolute Gasteiger partial charge is 0.326 e. The van der Waals surface area contributed by atoms with Crippen molar-refractivity contribution in [1.82, 2.24) is 5.32 Å². The highest BCUT2D eigenvalue weighted by Crippen LogP contribution is 2.20. The molecule has 0 aromatic heterocycles. The van der Waals surface area contributed by atoms with Crippen LogP contribution in [0, 0.1) is 5.92 Å². The molecule has 0 aliphatic carbocycles. The molecule has 2 aromatic carbocycles. The highest BCUT2D eigenvalue weighted by molar-refractivity contribution is 7.90. The number of amides is 1. The summed E-state index contributed by atoms with van der Waals surface area (Å²) < 4.78 is 25.0. The van der Waals surface area contributed by atoms with Crippen molar-refractivity contribution in [2.75, 3.05) is 18.4 Å². The number of hydrogen-bond donors (Lipinski definition) is 2. The number of carbonyl (C=O) groups excluding carboxylic acids is 1. The highest BCUT2D eigenvalue weighted by atomic mass is 35.5. The summed E-state index contributed by atoms with van der Waals surface area (Å²) in [5.41, 5.74) is 1.29. The Kier molecular flexibility index (Phi) is 7.20. The minimum atomic E-state index is -3.40. The van der Waals surface area contributed by atoms with Crippen LogP contribution in [0.25, 0.3) is 0 Å². The smallest absolute Gasteiger partial charge is 0.228 e. The van der Waals surface area contributed by atoms with Crippen molar-refractivity contribution < 1.29 is 13.2 Å². The van der Waals surface area contributed by atoms with E-state index in [9.17, 15) is 13.2 Å². The first-order valence-corrected chi connectivity index (χ1v) is 10.1. The third kappa shape index (κ3) is 5.30. The summed E-state index contributed by atoms with van der Waals surface area (Å²) >= 11 is 0. The zero-order chi connectivity index (χ0) is 17.7. The number of carbonyl (C=O) groups is 1. The van der Waals surface area contributed by atoms with Gasteiger partial charge in [0.2, 0.25) is 5.91 Å². The maximum atomic E-state index is 12.5. The summed E-state index contributed by atoms with van der Waals surface area (Å²) in [6.45, 7) is 1.64. The van der Waals surface area contributed by atoms with Gasteiger partial charge in [-0.1, -0.05) is 30.3 Å². The highest BCUT2D eigenvalue weighted by Gasteiger charge is 2.21. The number of nitrogens with one attached hydrogen (secondary N) is 2. The van der Waals surface area contributed by atoms with Crippen molar-refractivity contribution in [3.8, 4) is 0 Å². The predicted molar refractivity (Wildman–Crippen MR) is 105 cm³/mol. The Bertz CT molecular complexity index is 835. The van der Waals surface area contributed by atoms with Crippen LogP contribution in [0.4, 0.5) is 5.69 Å². The molecule has 5 nitrogen and oxygen atoms in total. The number of sulfone groups is 1. The molecule has 2 aromatic rings. The van der Waals surface area contributed by atoms with Gasteiger partial charge in [-0.3, -0.25) is 4.79 Å². The lowest BCUT2D eigenvalue weighted by Crippen LogP contribution is -2.37. The zero-order valence-electron chi connectivity index (χ0n) is 14.4. The molecule has 1 heterocycles. The van der Waals surface area contributed by atoms with E-state index < -0.39 is 9.84 Å². The normalized spacial score (nSPS) is 17.2. The van der Waals surface area contributed by atoms with Crippen LogP contribution < -0.4 is 10.6 Å². The van der Waals surface area contributed by atoms with Gasteiger partial charge in [0.05, 0.1) is 16.6 Å². The number of piperidine rings is 1. The fourth-order valence-electron chi connectivity index (χ4n) is 2.99. The summed E-state index contributed by atoms with van der Waals surface area (Å²) in [5.74, 6) is -0.146. The summed E-state index contributed by atoms with van der Waals surface area (Å²) in [6.07, 6.45) is 1.87. The van der Waals surface area contributed by atoms with E-state index in [2.05, 4.69) is 10.6 Å². The molecule has 1 aliphatic heterocycles. The van der Waals surface area contributed by atoms with Crippen molar-refractivity contribution in [3.05, 3.63) is 60.2 Å². The van der Waals surface area contributed by atoms with E-state index in [1.165, 1.54) is 0 Å². The van der Waals surface area contributed by atoms with E-state index in [0.717, 1.165) is 19.4 Å². The molecule has 1 saturated heterocycles. The molecule has 1 unspecified atom stereocenters. The topological polar surface area (TPSA) is 75.3 Å². The summed E-state index contributed by atoms with van der Waals surface area (Å²) in [7, 11) is -3.40. The Morgan fingerprint density at radius 1 is 1.12 bits per heavy atom. The van der Waals surface area contributed by atoms with Crippen LogP contribution in [-0.2, 0) is 20.4 Å². The van der Waals surface area contributed by atoms with E-state index in [0.29, 0.717) is 22.7 Å². The van der Waals surface area contributed by atoms with Gasteiger partial charge in [-0.25, -0.2) is 8.42 Å². The van der Waals surface area contributed by atoms with E-state index in [1.807, 2.05) is 0 Å². The summed E-state index contributed by atoms with van der Waals surface area (Å²) in [4.78, 5) is 12.6. The van der Waals surface area contributed by atoms with Crippen molar-refractivity contribution >= 4 is 33.8 Å². The van der Waals surface area contributed by atoms with Crippen molar-refractivity contribution in [1.29, 1.82) is 0 Å². The van der Waals surface area contributed by atoms with Gasteiger partial charge in [0.15, 0.2) is 9.84 Å². The lowest BCUT2D eigenvalue weighted by molar-refractivity contribution is -0.120. The number of halogens is 1. The minimum Gasteiger partial charge on any atom is -0.326 e. The first kappa shape index (κ1) is 20.4. The monoisotopic (exact) mass is 394 g/mol. The third-order valence-corrected chi connectivity index (χ3v) is 6.02. The number of benzene rings is 2. The predicted octanol–water partition coefficient (Wildman–Crippen LogP) is 3.02. The number of hydrogen-bond acceptors (Lipinski definition) is 4. The van der Waals surface area contributed by atoms with E-state index in [4.69, 9.17) is 0 Å². The lowest BCUT2D eigenvalue weighted by Gasteiger charge is -2.22. The minimum absolute atomic E-state index is 0. The van der Waals surface area contributed by atoms with Gasteiger partial charge in [-0.15, -0.1) is 12.4 Å². The summed E-state index contributed by atoms with van der Waals surface area (Å²) in [6, 6.07) is 15.4. The van der Waals surface area contributed by atoms with Gasteiger partial charge >= 0.3 is 0 Å². The average molecular weight is 395 g/mol. The second-order valence-corrected chi connectivity index (χ2v) is 8.29. The molecule has 140 valence electrons. The average Bonchev–Trinajstić information content (AvgIpc) is 2.63. The van der Waals surface area contributed by atoms with Crippen LogP contribution >= 0.6 is 12.4 Å². The van der Waals surface area contributed by atoms with Gasteiger partial charge in [-0.2, -0.15) is 0 Å². The first-order valence-electron chi connectivity index (χ1n) is 8.43. The van der Waals surface area contributed by atoms with Crippen molar-refractivity contribution in [3.63, 3.8) is 0 Å². The maximum Gasteiger partial charge on any atom is 0.228 e. The van der Waals surface area contributed by atoms with Gasteiger partial charge < -0.3 is 10.6 Å². The lowest BCUT2D eigenvalue weighted by atomic mass is 9.99. The first-order chi connectivity index (χ1) is 12.0. The van der Waals surface area contributed by atoms with E-state index >= 15 is 0 Å². The molecule has 7 heteroatoms. The molecule has 26 heavy (non-hydrogen) atoms. The molecule has 0 bridgehead atoms. The standard InChI is InChI=1S/C19H22N2O3S.ClH/c22-19(16-7-5-11-20-13-16)21-17-8-4-6-15(12-17)14-25(23,24)18-9-2-1-3-10-18;/h1-4,6,8-10,12,16,20H,5,7,11,13-14H2,(H,21,22);1H. The van der Waals surface area contributed by atoms with Crippen molar-refractivity contribution in [2.45, 2.75) is 23.5 Å². The Hall–Kier alpha value is -1.89. The molecule has 0 radical (unpaired) electrons. The Morgan fingerprint density at radius 2 is 1.88 bits per heavy atom. The fraction of sp³-hybridized carbons (Fsp3) is 0.316. The molecule has 0 spiro atoms. The SMILES string of the molecule is Cl.O=C(Nc1cccc(CS(=O)(=O)c2ccccc2)c1)C1CCCNC1. The van der Waals surface area contributed by atoms with E-state index in [-0.39, 0.29) is 30.0 Å². The Balaban J connectivity index is 0.00000243. The molecule has 0 saturated carbocycles. The molecule has 1 aliphatic rings. The van der Waals surface area contributed by atoms with Gasteiger partial charge in [-0.05, 0) is 49.2 Å². The Morgan fingerprint density at radius 3 is 2.58 bits per heavy atom. The molecular formula is C19H23ClN2O3S. The second-order valence-electron chi connectivity index (χ2n) is 6.31. The van der Waals surface area contributed by atoms with Crippen LogP contribution in [0.15, 0.2) is 59.5 Å². The quantitative estimate of drug-likeness (QED) is 0.817. The zero-order valence-corrected chi connectivity index (χ0v) is 16.0. The van der Waals surface area contributed by atoms with Gasteiger partial charge in [0.1, 0.15) is 0 Å². The third-order valence-electron chi connectivity index (χ3n) is 4.32. The number of rotatable bonds is 5. The van der Waals surface area contributed by atoms with Crippen LogP contribution in [0.3, 0.4) is 0 Å². The van der Waals surface area contributed by atoms with Crippen LogP contribution in [-0.4, -0.2) is 27.4 Å². The van der Waals surface area contributed by atoms with Crippen LogP contribution in [0.2, 0.25) is 0 Å².